The van der Waals surface area contributed by atoms with Crippen LogP contribution in [0.5, 0.6) is 0 Å². The second-order valence-corrected chi connectivity index (χ2v) is 4.14. The second kappa shape index (κ2) is 4.92. The maximum Gasteiger partial charge on any atom is 0.133 e. The first kappa shape index (κ1) is 14.4. The van der Waals surface area contributed by atoms with Gasteiger partial charge in [0.1, 0.15) is 39.3 Å². The van der Waals surface area contributed by atoms with Crippen molar-refractivity contribution in [3.05, 3.63) is 25.6 Å². The molecular weight excluding hydrogens is 308 g/mol. The Labute approximate surface area is 108 Å². The third-order valence-corrected chi connectivity index (χ3v) is 3.75. The fraction of sp³-hybridized carbons (Fsp3) is 0.600. The standard InChI is InChI=1S/C10H18N2.2BrH/c1-3-11-5-8-12(4-2,9-6-11)10-7-11;;/h3-4H,1-2,5-10H2;2*1H/q+2;;/p-2. The molecule has 14 heavy (non-hydrogen) atoms. The highest BCUT2D eigenvalue weighted by Crippen LogP contribution is 2.26. The Hall–Kier alpha value is 0.360. The summed E-state index contributed by atoms with van der Waals surface area (Å²) < 4.78 is 2.29. The molecule has 0 amide bonds. The van der Waals surface area contributed by atoms with Gasteiger partial charge in [0.25, 0.3) is 0 Å². The van der Waals surface area contributed by atoms with Crippen LogP contribution in [0.25, 0.3) is 0 Å². The van der Waals surface area contributed by atoms with Crippen LogP contribution < -0.4 is 34.0 Å². The van der Waals surface area contributed by atoms with Crippen molar-refractivity contribution in [1.82, 2.24) is 0 Å². The number of fused-ring (bicyclic) bond motifs is 3. The molecule has 3 aliphatic rings. The molecule has 4 heteroatoms. The van der Waals surface area contributed by atoms with E-state index in [9.17, 15) is 0 Å². The topological polar surface area (TPSA) is 0 Å². The molecule has 82 valence electrons. The quantitative estimate of drug-likeness (QED) is 0.446. The molecule has 3 rings (SSSR count). The fourth-order valence-corrected chi connectivity index (χ4v) is 2.41. The molecule has 3 saturated heterocycles. The van der Waals surface area contributed by atoms with Crippen molar-refractivity contribution in [3.8, 4) is 0 Å². The summed E-state index contributed by atoms with van der Waals surface area (Å²) in [5, 5.41) is 0. The van der Waals surface area contributed by atoms with Gasteiger partial charge in [-0.15, -0.1) is 0 Å². The normalized spacial score (nSPS) is 39.1. The second-order valence-electron chi connectivity index (χ2n) is 4.14. The minimum atomic E-state index is 0. The molecule has 0 aromatic carbocycles. The highest BCUT2D eigenvalue weighted by atomic mass is 79.9. The van der Waals surface area contributed by atoms with Gasteiger partial charge in [-0.25, -0.2) is 0 Å². The minimum Gasteiger partial charge on any atom is -1.00 e. The molecule has 2 bridgehead atoms. The molecule has 0 N–H and O–H groups in total. The summed E-state index contributed by atoms with van der Waals surface area (Å²) in [6, 6.07) is 0. The van der Waals surface area contributed by atoms with Gasteiger partial charge in [-0.2, -0.15) is 0 Å². The summed E-state index contributed by atoms with van der Waals surface area (Å²) in [6.45, 7) is 15.4. The molecule has 0 unspecified atom stereocenters. The van der Waals surface area contributed by atoms with E-state index in [1.54, 1.807) is 0 Å². The molecule has 2 nitrogen and oxygen atoms in total. The maximum absolute atomic E-state index is 3.94. The Bertz CT molecular complexity index is 180. The number of rotatable bonds is 2. The van der Waals surface area contributed by atoms with Crippen LogP contribution in [-0.2, 0) is 0 Å². The zero-order valence-electron chi connectivity index (χ0n) is 8.46. The monoisotopic (exact) mass is 324 g/mol. The van der Waals surface area contributed by atoms with E-state index in [0.717, 1.165) is 8.97 Å². The van der Waals surface area contributed by atoms with E-state index in [1.807, 2.05) is 0 Å². The Morgan fingerprint density at radius 3 is 1.00 bits per heavy atom. The lowest BCUT2D eigenvalue weighted by molar-refractivity contribution is -1.04. The molecule has 3 fully saturated rings. The van der Waals surface area contributed by atoms with Gasteiger partial charge < -0.3 is 34.0 Å². The van der Waals surface area contributed by atoms with Crippen LogP contribution in [0.3, 0.4) is 0 Å². The first-order valence-corrected chi connectivity index (χ1v) is 4.73. The average Bonchev–Trinajstić information content (AvgIpc) is 2.21. The molecule has 3 heterocycles. The lowest BCUT2D eigenvalue weighted by atomic mass is 10.1. The van der Waals surface area contributed by atoms with Crippen molar-refractivity contribution in [2.75, 3.05) is 39.3 Å². The number of quaternary nitrogens is 2. The van der Waals surface area contributed by atoms with Crippen LogP contribution in [0.15, 0.2) is 25.6 Å². The van der Waals surface area contributed by atoms with Gasteiger partial charge in [-0.1, -0.05) is 0 Å². The van der Waals surface area contributed by atoms with Crippen molar-refractivity contribution in [3.63, 3.8) is 0 Å². The van der Waals surface area contributed by atoms with Gasteiger partial charge in [0.2, 0.25) is 0 Å². The van der Waals surface area contributed by atoms with Crippen molar-refractivity contribution in [1.29, 1.82) is 0 Å². The molecule has 0 aliphatic carbocycles. The van der Waals surface area contributed by atoms with Crippen molar-refractivity contribution in [2.24, 2.45) is 0 Å². The van der Waals surface area contributed by atoms with E-state index in [4.69, 9.17) is 0 Å². The summed E-state index contributed by atoms with van der Waals surface area (Å²) >= 11 is 0. The summed E-state index contributed by atoms with van der Waals surface area (Å²) in [5.74, 6) is 0. The van der Waals surface area contributed by atoms with Gasteiger partial charge in [0.05, 0.1) is 12.4 Å². The third-order valence-electron chi connectivity index (χ3n) is 3.75. The van der Waals surface area contributed by atoms with E-state index >= 15 is 0 Å². The van der Waals surface area contributed by atoms with Gasteiger partial charge in [-0.05, 0) is 13.2 Å². The van der Waals surface area contributed by atoms with Crippen molar-refractivity contribution >= 4 is 0 Å². The zero-order chi connectivity index (χ0) is 8.66. The van der Waals surface area contributed by atoms with E-state index < -0.39 is 0 Å². The largest absolute Gasteiger partial charge is 1.00 e. The first-order valence-electron chi connectivity index (χ1n) is 4.73. The highest BCUT2D eigenvalue weighted by Gasteiger charge is 2.46. The molecular formula is C10H18Br2N2. The van der Waals surface area contributed by atoms with Crippen molar-refractivity contribution in [2.45, 2.75) is 0 Å². The van der Waals surface area contributed by atoms with E-state index in [0.29, 0.717) is 0 Å². The third kappa shape index (κ3) is 2.13. The van der Waals surface area contributed by atoms with Gasteiger partial charge in [-0.3, -0.25) is 8.97 Å². The molecule has 0 saturated carbocycles. The predicted octanol–water partition coefficient (Wildman–Crippen LogP) is -5.06. The number of piperazine rings is 3. The summed E-state index contributed by atoms with van der Waals surface area (Å²) in [5.41, 5.74) is 0. The lowest BCUT2D eigenvalue weighted by Gasteiger charge is -2.52. The van der Waals surface area contributed by atoms with Crippen LogP contribution in [0.2, 0.25) is 0 Å². The fourth-order valence-electron chi connectivity index (χ4n) is 2.41. The number of halogens is 2. The Morgan fingerprint density at radius 2 is 0.857 bits per heavy atom. The summed E-state index contributed by atoms with van der Waals surface area (Å²) in [6.07, 6.45) is 4.27. The van der Waals surface area contributed by atoms with Crippen LogP contribution >= 0.6 is 0 Å². The number of nitrogens with zero attached hydrogens (tertiary/aromatic N) is 2. The van der Waals surface area contributed by atoms with Crippen LogP contribution in [0.4, 0.5) is 0 Å². The SMILES string of the molecule is C=C[N+]12CC[N+](C=C)(CC1)CC2.[Br-].[Br-]. The predicted molar refractivity (Wildman–Crippen MR) is 50.1 cm³/mol. The van der Waals surface area contributed by atoms with Gasteiger partial charge in [0.15, 0.2) is 0 Å². The summed E-state index contributed by atoms with van der Waals surface area (Å²) in [4.78, 5) is 0. The number of hydrogen-bond donors (Lipinski definition) is 0. The highest BCUT2D eigenvalue weighted by molar-refractivity contribution is 4.71. The number of hydrogen-bond acceptors (Lipinski definition) is 0. The van der Waals surface area contributed by atoms with Gasteiger partial charge >= 0.3 is 0 Å². The smallest absolute Gasteiger partial charge is 0.133 e. The molecule has 0 aromatic rings. The van der Waals surface area contributed by atoms with Gasteiger partial charge in [0, 0.05) is 0 Å². The van der Waals surface area contributed by atoms with E-state index in [-0.39, 0.29) is 34.0 Å². The van der Waals surface area contributed by atoms with Crippen LogP contribution in [0.1, 0.15) is 0 Å². The lowest BCUT2D eigenvalue weighted by Crippen LogP contribution is -3.00. The van der Waals surface area contributed by atoms with Crippen LogP contribution in [-0.4, -0.2) is 48.2 Å². The minimum absolute atomic E-state index is 0. The molecule has 3 aliphatic heterocycles. The first-order chi connectivity index (χ1) is 5.74. The van der Waals surface area contributed by atoms with E-state index in [2.05, 4.69) is 25.6 Å². The maximum atomic E-state index is 3.94. The molecule has 0 radical (unpaired) electrons. The Morgan fingerprint density at radius 1 is 0.643 bits per heavy atom. The zero-order valence-corrected chi connectivity index (χ0v) is 11.6. The van der Waals surface area contributed by atoms with Crippen molar-refractivity contribution < 1.29 is 42.9 Å². The Kier molecular flexibility index (Phi) is 5.05. The molecule has 0 spiro atoms. The molecule has 0 atom stereocenters. The van der Waals surface area contributed by atoms with E-state index in [1.165, 1.54) is 39.3 Å². The van der Waals surface area contributed by atoms with Crippen LogP contribution in [0, 0.1) is 0 Å². The summed E-state index contributed by atoms with van der Waals surface area (Å²) in [7, 11) is 0. The molecule has 0 aromatic heterocycles. The average molecular weight is 326 g/mol. The Balaban J connectivity index is 0.000000845.